The molecule has 0 radical (unpaired) electrons. The Morgan fingerprint density at radius 1 is 0.926 bits per heavy atom. The van der Waals surface area contributed by atoms with Crippen LogP contribution in [0.15, 0.2) is 16.5 Å². The molecule has 3 saturated heterocycles. The van der Waals surface area contributed by atoms with Gasteiger partial charge in [0.05, 0.1) is 13.1 Å². The van der Waals surface area contributed by atoms with Crippen LogP contribution in [0.1, 0.15) is 56.1 Å². The van der Waals surface area contributed by atoms with Crippen molar-refractivity contribution < 1.29 is 13.9 Å². The lowest BCUT2D eigenvalue weighted by molar-refractivity contribution is -0.133. The summed E-state index contributed by atoms with van der Waals surface area (Å²) in [5, 5.41) is 0. The van der Waals surface area contributed by atoms with Crippen molar-refractivity contribution in [1.29, 1.82) is 0 Å². The maximum atomic E-state index is 12.4. The second-order valence-corrected chi connectivity index (χ2v) is 8.15. The number of hydrogen-bond acceptors (Lipinski definition) is 5. The first-order valence-electron chi connectivity index (χ1n) is 10.7. The minimum absolute atomic E-state index is 0.144. The van der Waals surface area contributed by atoms with Gasteiger partial charge in [0, 0.05) is 45.9 Å². The summed E-state index contributed by atoms with van der Waals surface area (Å²) in [6.07, 6.45) is 7.19. The van der Waals surface area contributed by atoms with E-state index in [9.17, 15) is 4.79 Å². The molecule has 3 aliphatic heterocycles. The van der Waals surface area contributed by atoms with Gasteiger partial charge in [-0.3, -0.25) is 14.6 Å². The Bertz CT molecular complexity index is 598. The Kier molecular flexibility index (Phi) is 6.47. The molecule has 0 N–H and O–H groups in total. The van der Waals surface area contributed by atoms with E-state index in [0.717, 1.165) is 89.6 Å². The van der Waals surface area contributed by atoms with Gasteiger partial charge in [-0.15, -0.1) is 0 Å². The van der Waals surface area contributed by atoms with Gasteiger partial charge in [0.1, 0.15) is 17.6 Å². The third-order valence-corrected chi connectivity index (χ3v) is 6.09. The third kappa shape index (κ3) is 5.12. The first kappa shape index (κ1) is 19.0. The van der Waals surface area contributed by atoms with E-state index in [1.165, 1.54) is 12.8 Å². The van der Waals surface area contributed by atoms with Crippen LogP contribution in [0.3, 0.4) is 0 Å². The Labute approximate surface area is 162 Å². The molecule has 1 aromatic heterocycles. The molecule has 1 atom stereocenters. The van der Waals surface area contributed by atoms with Gasteiger partial charge >= 0.3 is 0 Å². The maximum Gasteiger partial charge on any atom is 0.236 e. The molecule has 27 heavy (non-hydrogen) atoms. The van der Waals surface area contributed by atoms with E-state index in [0.29, 0.717) is 12.5 Å². The molecule has 0 bridgehead atoms. The number of hydrogen-bond donors (Lipinski definition) is 0. The second-order valence-electron chi connectivity index (χ2n) is 8.15. The van der Waals surface area contributed by atoms with Crippen LogP contribution in [0.5, 0.6) is 0 Å². The second kappa shape index (κ2) is 9.22. The largest absolute Gasteiger partial charge is 0.462 e. The predicted octanol–water partition coefficient (Wildman–Crippen LogP) is 2.65. The number of piperidine rings is 1. The minimum atomic E-state index is 0.144. The van der Waals surface area contributed by atoms with E-state index in [1.807, 2.05) is 4.90 Å². The Morgan fingerprint density at radius 3 is 2.44 bits per heavy atom. The number of piperazine rings is 1. The van der Waals surface area contributed by atoms with Crippen molar-refractivity contribution in [2.24, 2.45) is 0 Å². The fourth-order valence-corrected chi connectivity index (χ4v) is 4.38. The number of carbonyl (C=O) groups is 1. The van der Waals surface area contributed by atoms with Gasteiger partial charge in [-0.2, -0.15) is 0 Å². The van der Waals surface area contributed by atoms with Gasteiger partial charge in [0.15, 0.2) is 0 Å². The zero-order chi connectivity index (χ0) is 18.5. The predicted molar refractivity (Wildman–Crippen MR) is 103 cm³/mol. The summed E-state index contributed by atoms with van der Waals surface area (Å²) in [5.41, 5.74) is 0. The molecule has 3 aliphatic rings. The standard InChI is InChI=1S/C21H33N3O3/c25-21(24-9-3-1-4-10-24)17-23-13-11-22(12-14-23)16-18-7-8-20(27-18)19-6-2-5-15-26-19/h7-8,19H,1-6,9-17H2. The van der Waals surface area contributed by atoms with Gasteiger partial charge in [0.2, 0.25) is 5.91 Å². The molecular formula is C21H33N3O3. The first-order chi connectivity index (χ1) is 13.3. The molecule has 150 valence electrons. The number of carbonyl (C=O) groups excluding carboxylic acids is 1. The highest BCUT2D eigenvalue weighted by atomic mass is 16.5. The van der Waals surface area contributed by atoms with Crippen LogP contribution in [0, 0.1) is 0 Å². The fourth-order valence-electron chi connectivity index (χ4n) is 4.38. The molecule has 1 aromatic rings. The number of rotatable bonds is 5. The summed E-state index contributed by atoms with van der Waals surface area (Å²) in [6, 6.07) is 4.18. The lowest BCUT2D eigenvalue weighted by Crippen LogP contribution is -2.50. The first-order valence-corrected chi connectivity index (χ1v) is 10.7. The zero-order valence-electron chi connectivity index (χ0n) is 16.4. The van der Waals surface area contributed by atoms with E-state index in [1.54, 1.807) is 0 Å². The highest BCUT2D eigenvalue weighted by molar-refractivity contribution is 5.78. The molecule has 0 spiro atoms. The summed E-state index contributed by atoms with van der Waals surface area (Å²) in [5.74, 6) is 2.32. The summed E-state index contributed by atoms with van der Waals surface area (Å²) >= 11 is 0. The van der Waals surface area contributed by atoms with Crippen LogP contribution in [-0.4, -0.2) is 73.0 Å². The van der Waals surface area contributed by atoms with E-state index in [4.69, 9.17) is 9.15 Å². The summed E-state index contributed by atoms with van der Waals surface area (Å²) in [4.78, 5) is 19.2. The molecule has 4 heterocycles. The average Bonchev–Trinajstić information content (AvgIpc) is 3.19. The molecule has 6 heteroatoms. The number of ether oxygens (including phenoxy) is 1. The van der Waals surface area contributed by atoms with Crippen molar-refractivity contribution in [2.75, 3.05) is 52.4 Å². The number of nitrogens with zero attached hydrogens (tertiary/aromatic N) is 3. The van der Waals surface area contributed by atoms with Crippen molar-refractivity contribution in [3.63, 3.8) is 0 Å². The lowest BCUT2D eigenvalue weighted by atomic mass is 10.1. The zero-order valence-corrected chi connectivity index (χ0v) is 16.4. The third-order valence-electron chi connectivity index (χ3n) is 6.09. The highest BCUT2D eigenvalue weighted by Gasteiger charge is 2.24. The topological polar surface area (TPSA) is 49.2 Å². The summed E-state index contributed by atoms with van der Waals surface area (Å²) in [7, 11) is 0. The molecular weight excluding hydrogens is 342 g/mol. The van der Waals surface area contributed by atoms with Crippen LogP contribution in [-0.2, 0) is 16.1 Å². The van der Waals surface area contributed by atoms with Crippen molar-refractivity contribution in [3.05, 3.63) is 23.7 Å². The molecule has 6 nitrogen and oxygen atoms in total. The van der Waals surface area contributed by atoms with Crippen LogP contribution >= 0.6 is 0 Å². The smallest absolute Gasteiger partial charge is 0.236 e. The van der Waals surface area contributed by atoms with E-state index in [2.05, 4.69) is 21.9 Å². The van der Waals surface area contributed by atoms with Crippen LogP contribution < -0.4 is 0 Å². The van der Waals surface area contributed by atoms with E-state index < -0.39 is 0 Å². The number of likely N-dealkylation sites (tertiary alicyclic amines) is 1. The molecule has 1 unspecified atom stereocenters. The van der Waals surface area contributed by atoms with Crippen LogP contribution in [0.4, 0.5) is 0 Å². The van der Waals surface area contributed by atoms with Crippen LogP contribution in [0.2, 0.25) is 0 Å². The van der Waals surface area contributed by atoms with Crippen LogP contribution in [0.25, 0.3) is 0 Å². The quantitative estimate of drug-likeness (QED) is 0.792. The SMILES string of the molecule is O=C(CN1CCN(Cc2ccc(C3CCCCO3)o2)CC1)N1CCCCC1. The molecule has 0 saturated carbocycles. The summed E-state index contributed by atoms with van der Waals surface area (Å²) in [6.45, 7) is 8.07. The minimum Gasteiger partial charge on any atom is -0.462 e. The van der Waals surface area contributed by atoms with E-state index in [-0.39, 0.29) is 6.10 Å². The monoisotopic (exact) mass is 375 g/mol. The lowest BCUT2D eigenvalue weighted by Gasteiger charge is -2.35. The van der Waals surface area contributed by atoms with Gasteiger partial charge in [0.25, 0.3) is 0 Å². The molecule has 4 rings (SSSR count). The van der Waals surface area contributed by atoms with Crippen molar-refractivity contribution in [2.45, 2.75) is 51.2 Å². The Hall–Kier alpha value is -1.37. The van der Waals surface area contributed by atoms with Gasteiger partial charge in [-0.25, -0.2) is 0 Å². The van der Waals surface area contributed by atoms with Crippen molar-refractivity contribution in [3.8, 4) is 0 Å². The Morgan fingerprint density at radius 2 is 1.70 bits per heavy atom. The maximum absolute atomic E-state index is 12.4. The van der Waals surface area contributed by atoms with Gasteiger partial charge < -0.3 is 14.1 Å². The normalized spacial score (nSPS) is 25.6. The van der Waals surface area contributed by atoms with Gasteiger partial charge in [-0.1, -0.05) is 0 Å². The molecule has 0 aliphatic carbocycles. The fraction of sp³-hybridized carbons (Fsp3) is 0.762. The Balaban J connectivity index is 1.20. The summed E-state index contributed by atoms with van der Waals surface area (Å²) < 4.78 is 11.9. The van der Waals surface area contributed by atoms with Crippen molar-refractivity contribution in [1.82, 2.24) is 14.7 Å². The molecule has 3 fully saturated rings. The van der Waals surface area contributed by atoms with Crippen molar-refractivity contribution >= 4 is 5.91 Å². The number of amides is 1. The number of furan rings is 1. The average molecular weight is 376 g/mol. The van der Waals surface area contributed by atoms with Gasteiger partial charge in [-0.05, 0) is 50.7 Å². The molecule has 1 amide bonds. The highest BCUT2D eigenvalue weighted by Crippen LogP contribution is 2.29. The van der Waals surface area contributed by atoms with E-state index >= 15 is 0 Å². The molecule has 0 aromatic carbocycles.